The first kappa shape index (κ1) is 12.7. The Hall–Kier alpha value is -1.72. The van der Waals surface area contributed by atoms with Crippen LogP contribution in [0.25, 0.3) is 0 Å². The normalized spacial score (nSPS) is 12.6. The van der Waals surface area contributed by atoms with Crippen LogP contribution < -0.4 is 0 Å². The second-order valence-electron chi connectivity index (χ2n) is 4.15. The highest BCUT2D eigenvalue weighted by Gasteiger charge is 2.15. The van der Waals surface area contributed by atoms with Crippen molar-refractivity contribution < 1.29 is 9.84 Å². The summed E-state index contributed by atoms with van der Waals surface area (Å²) in [6.45, 7) is 0.492. The van der Waals surface area contributed by atoms with Gasteiger partial charge < -0.3 is 9.84 Å². The number of nitrogens with zero attached hydrogens (tertiary/aromatic N) is 3. The first-order valence-corrected chi connectivity index (χ1v) is 5.80. The number of aliphatic hydroxyl groups excluding tert-OH is 1. The minimum absolute atomic E-state index is 0.442. The number of hydrogen-bond donors (Lipinski definition) is 1. The van der Waals surface area contributed by atoms with E-state index in [1.807, 2.05) is 31.3 Å². The Morgan fingerprint density at radius 2 is 2.17 bits per heavy atom. The van der Waals surface area contributed by atoms with Crippen molar-refractivity contribution in [2.24, 2.45) is 7.05 Å². The minimum Gasteiger partial charge on any atom is -0.388 e. The van der Waals surface area contributed by atoms with Crippen LogP contribution in [0, 0.1) is 0 Å². The van der Waals surface area contributed by atoms with Gasteiger partial charge in [0.15, 0.2) is 0 Å². The van der Waals surface area contributed by atoms with E-state index in [9.17, 15) is 5.11 Å². The summed E-state index contributed by atoms with van der Waals surface area (Å²) in [4.78, 5) is 4.12. The second-order valence-corrected chi connectivity index (χ2v) is 4.15. The third kappa shape index (κ3) is 2.75. The van der Waals surface area contributed by atoms with Gasteiger partial charge in [-0.2, -0.15) is 5.10 Å². The van der Waals surface area contributed by atoms with Crippen molar-refractivity contribution in [1.29, 1.82) is 0 Å². The lowest BCUT2D eigenvalue weighted by Crippen LogP contribution is -2.10. The van der Waals surface area contributed by atoms with E-state index in [0.717, 1.165) is 17.0 Å². The standard InChI is InChI=1S/C13H17N3O2/c1-16-13(14-9-15-16)7-12(17)11-6-4-3-5-10(11)8-18-2/h3-6,9,12,17H,7-8H2,1-2H3. The van der Waals surface area contributed by atoms with Crippen LogP contribution in [0.2, 0.25) is 0 Å². The van der Waals surface area contributed by atoms with Crippen LogP contribution in [0.1, 0.15) is 23.1 Å². The highest BCUT2D eigenvalue weighted by atomic mass is 16.5. The number of aromatic nitrogens is 3. The zero-order valence-electron chi connectivity index (χ0n) is 10.6. The zero-order valence-corrected chi connectivity index (χ0v) is 10.6. The van der Waals surface area contributed by atoms with Gasteiger partial charge >= 0.3 is 0 Å². The maximum atomic E-state index is 10.3. The summed E-state index contributed by atoms with van der Waals surface area (Å²) in [6.07, 6.45) is 1.33. The molecule has 1 aromatic carbocycles. The van der Waals surface area contributed by atoms with E-state index in [-0.39, 0.29) is 0 Å². The Kier molecular flexibility index (Phi) is 4.07. The summed E-state index contributed by atoms with van der Waals surface area (Å²) in [7, 11) is 3.46. The molecular weight excluding hydrogens is 230 g/mol. The Balaban J connectivity index is 2.18. The molecule has 0 saturated heterocycles. The third-order valence-corrected chi connectivity index (χ3v) is 2.90. The molecule has 1 unspecified atom stereocenters. The number of ether oxygens (including phenoxy) is 1. The Labute approximate surface area is 106 Å². The van der Waals surface area contributed by atoms with Crippen LogP contribution in [0.5, 0.6) is 0 Å². The molecule has 0 bridgehead atoms. The monoisotopic (exact) mass is 247 g/mol. The van der Waals surface area contributed by atoms with Gasteiger partial charge in [-0.05, 0) is 11.1 Å². The van der Waals surface area contributed by atoms with E-state index in [4.69, 9.17) is 4.74 Å². The molecule has 1 heterocycles. The first-order valence-electron chi connectivity index (χ1n) is 5.80. The highest BCUT2D eigenvalue weighted by molar-refractivity contribution is 5.29. The third-order valence-electron chi connectivity index (χ3n) is 2.90. The topological polar surface area (TPSA) is 60.2 Å². The number of benzene rings is 1. The van der Waals surface area contributed by atoms with E-state index in [2.05, 4.69) is 10.1 Å². The van der Waals surface area contributed by atoms with E-state index in [1.165, 1.54) is 6.33 Å². The molecule has 2 aromatic rings. The molecule has 2 rings (SSSR count). The molecule has 1 aromatic heterocycles. The van der Waals surface area contributed by atoms with Crippen molar-refractivity contribution in [1.82, 2.24) is 14.8 Å². The van der Waals surface area contributed by atoms with Crippen LogP contribution in [-0.2, 0) is 24.8 Å². The summed E-state index contributed by atoms with van der Waals surface area (Å²) in [5.74, 6) is 0.759. The van der Waals surface area contributed by atoms with Crippen molar-refractivity contribution in [3.8, 4) is 0 Å². The average molecular weight is 247 g/mol. The molecule has 0 saturated carbocycles. The molecule has 0 aliphatic rings. The molecule has 18 heavy (non-hydrogen) atoms. The average Bonchev–Trinajstić information content (AvgIpc) is 2.76. The van der Waals surface area contributed by atoms with E-state index in [1.54, 1.807) is 11.8 Å². The molecule has 5 heteroatoms. The first-order chi connectivity index (χ1) is 8.72. The minimum atomic E-state index is -0.598. The summed E-state index contributed by atoms with van der Waals surface area (Å²) in [5, 5.41) is 14.3. The summed E-state index contributed by atoms with van der Waals surface area (Å²) in [5.41, 5.74) is 1.87. The molecule has 1 N–H and O–H groups in total. The van der Waals surface area contributed by atoms with Gasteiger partial charge in [0.1, 0.15) is 12.2 Å². The van der Waals surface area contributed by atoms with E-state index in [0.29, 0.717) is 13.0 Å². The fourth-order valence-corrected chi connectivity index (χ4v) is 1.93. The maximum absolute atomic E-state index is 10.3. The molecular formula is C13H17N3O2. The fourth-order valence-electron chi connectivity index (χ4n) is 1.93. The van der Waals surface area contributed by atoms with E-state index >= 15 is 0 Å². The van der Waals surface area contributed by atoms with Gasteiger partial charge in [0, 0.05) is 20.6 Å². The van der Waals surface area contributed by atoms with Gasteiger partial charge in [-0.1, -0.05) is 24.3 Å². The van der Waals surface area contributed by atoms with Crippen LogP contribution >= 0.6 is 0 Å². The van der Waals surface area contributed by atoms with Gasteiger partial charge in [-0.15, -0.1) is 0 Å². The van der Waals surface area contributed by atoms with Gasteiger partial charge in [0.05, 0.1) is 12.7 Å². The quantitative estimate of drug-likeness (QED) is 0.863. The lowest BCUT2D eigenvalue weighted by molar-refractivity contribution is 0.159. The Bertz CT molecular complexity index is 510. The van der Waals surface area contributed by atoms with Crippen LogP contribution in [0.15, 0.2) is 30.6 Å². The Morgan fingerprint density at radius 3 is 2.83 bits per heavy atom. The number of aliphatic hydroxyl groups is 1. The molecule has 0 aliphatic carbocycles. The van der Waals surface area contributed by atoms with Crippen LogP contribution in [0.4, 0.5) is 0 Å². The van der Waals surface area contributed by atoms with Gasteiger partial charge in [0.2, 0.25) is 0 Å². The lowest BCUT2D eigenvalue weighted by Gasteiger charge is -2.14. The smallest absolute Gasteiger partial charge is 0.138 e. The molecule has 5 nitrogen and oxygen atoms in total. The highest BCUT2D eigenvalue weighted by Crippen LogP contribution is 2.21. The molecule has 0 fully saturated rings. The van der Waals surface area contributed by atoms with Crippen LogP contribution in [-0.4, -0.2) is 27.0 Å². The van der Waals surface area contributed by atoms with Crippen molar-refractivity contribution in [3.05, 3.63) is 47.5 Å². The van der Waals surface area contributed by atoms with Crippen molar-refractivity contribution >= 4 is 0 Å². The van der Waals surface area contributed by atoms with Gasteiger partial charge in [-0.25, -0.2) is 4.98 Å². The molecule has 0 aliphatic heterocycles. The summed E-state index contributed by atoms with van der Waals surface area (Å²) in [6, 6.07) is 7.72. The zero-order chi connectivity index (χ0) is 13.0. The van der Waals surface area contributed by atoms with Gasteiger partial charge in [0.25, 0.3) is 0 Å². The molecule has 0 amide bonds. The van der Waals surface area contributed by atoms with Crippen molar-refractivity contribution in [2.45, 2.75) is 19.1 Å². The maximum Gasteiger partial charge on any atom is 0.138 e. The van der Waals surface area contributed by atoms with Crippen molar-refractivity contribution in [3.63, 3.8) is 0 Å². The number of hydrogen-bond acceptors (Lipinski definition) is 4. The van der Waals surface area contributed by atoms with Crippen LogP contribution in [0.3, 0.4) is 0 Å². The fraction of sp³-hybridized carbons (Fsp3) is 0.385. The molecule has 0 spiro atoms. The van der Waals surface area contributed by atoms with Crippen molar-refractivity contribution in [2.75, 3.05) is 7.11 Å². The predicted molar refractivity (Wildman–Crippen MR) is 66.8 cm³/mol. The lowest BCUT2D eigenvalue weighted by atomic mass is 10.0. The van der Waals surface area contributed by atoms with Gasteiger partial charge in [-0.3, -0.25) is 4.68 Å². The SMILES string of the molecule is COCc1ccccc1C(O)Cc1ncnn1C. The van der Waals surface area contributed by atoms with E-state index < -0.39 is 6.10 Å². The second kappa shape index (κ2) is 5.75. The summed E-state index contributed by atoms with van der Waals surface area (Å²) >= 11 is 0. The molecule has 0 radical (unpaired) electrons. The molecule has 1 atom stereocenters. The summed E-state index contributed by atoms with van der Waals surface area (Å²) < 4.78 is 6.80. The predicted octanol–water partition coefficient (Wildman–Crippen LogP) is 1.24. The number of rotatable bonds is 5. The number of aryl methyl sites for hydroxylation is 1. The molecule has 96 valence electrons. The Morgan fingerprint density at radius 1 is 1.39 bits per heavy atom. The largest absolute Gasteiger partial charge is 0.388 e. The number of methoxy groups -OCH3 is 1.